The molecule has 1 aromatic rings. The molecule has 1 aliphatic heterocycles. The third-order valence-corrected chi connectivity index (χ3v) is 6.91. The number of allylic oxidation sites excluding steroid dienone is 1. The van der Waals surface area contributed by atoms with E-state index < -0.39 is 0 Å². The van der Waals surface area contributed by atoms with E-state index in [1.54, 1.807) is 0 Å². The fourth-order valence-electron chi connectivity index (χ4n) is 5.82. The SMILES string of the molecule is C=CCC1(C)[C@]2(C)N=N[C@@]1(c1ccccc1)[C@H]1CCC[C@H]12. The van der Waals surface area contributed by atoms with Crippen LogP contribution in [0.5, 0.6) is 0 Å². The highest BCUT2D eigenvalue weighted by atomic mass is 15.3. The van der Waals surface area contributed by atoms with Gasteiger partial charge in [0.15, 0.2) is 0 Å². The van der Waals surface area contributed by atoms with E-state index in [1.165, 1.54) is 24.8 Å². The van der Waals surface area contributed by atoms with Crippen LogP contribution < -0.4 is 0 Å². The third kappa shape index (κ3) is 1.26. The first-order valence-electron chi connectivity index (χ1n) is 8.21. The Morgan fingerprint density at radius 3 is 2.57 bits per heavy atom. The van der Waals surface area contributed by atoms with Gasteiger partial charge in [-0.05, 0) is 43.6 Å². The Hall–Kier alpha value is -1.44. The van der Waals surface area contributed by atoms with Crippen molar-refractivity contribution < 1.29 is 0 Å². The monoisotopic (exact) mass is 280 g/mol. The highest BCUT2D eigenvalue weighted by Gasteiger charge is 2.77. The van der Waals surface area contributed by atoms with Gasteiger partial charge in [-0.2, -0.15) is 10.2 Å². The molecular weight excluding hydrogens is 256 g/mol. The molecule has 2 bridgehead atoms. The minimum Gasteiger partial charge on any atom is -0.186 e. The van der Waals surface area contributed by atoms with E-state index in [4.69, 9.17) is 10.2 Å². The maximum absolute atomic E-state index is 4.97. The van der Waals surface area contributed by atoms with E-state index in [-0.39, 0.29) is 16.5 Å². The molecule has 0 saturated heterocycles. The molecule has 2 fully saturated rings. The van der Waals surface area contributed by atoms with Crippen LogP contribution in [0, 0.1) is 17.3 Å². The first-order chi connectivity index (χ1) is 10.1. The Bertz CT molecular complexity index is 607. The molecule has 2 nitrogen and oxygen atoms in total. The molecule has 1 aromatic carbocycles. The molecule has 0 aromatic heterocycles. The Kier molecular flexibility index (Phi) is 2.56. The average Bonchev–Trinajstić information content (AvgIpc) is 3.10. The van der Waals surface area contributed by atoms with Crippen LogP contribution in [0.3, 0.4) is 0 Å². The lowest BCUT2D eigenvalue weighted by molar-refractivity contribution is 0.130. The van der Waals surface area contributed by atoms with E-state index >= 15 is 0 Å². The van der Waals surface area contributed by atoms with Crippen molar-refractivity contribution in [3.8, 4) is 0 Å². The molecule has 0 N–H and O–H groups in total. The summed E-state index contributed by atoms with van der Waals surface area (Å²) in [5.41, 5.74) is 1.24. The molecule has 0 spiro atoms. The van der Waals surface area contributed by atoms with Gasteiger partial charge in [-0.25, -0.2) is 0 Å². The van der Waals surface area contributed by atoms with Crippen LogP contribution in [0.4, 0.5) is 0 Å². The maximum Gasteiger partial charge on any atom is 0.118 e. The third-order valence-electron chi connectivity index (χ3n) is 6.91. The van der Waals surface area contributed by atoms with Gasteiger partial charge >= 0.3 is 0 Å². The molecule has 21 heavy (non-hydrogen) atoms. The van der Waals surface area contributed by atoms with Crippen LogP contribution >= 0.6 is 0 Å². The van der Waals surface area contributed by atoms with Crippen molar-refractivity contribution in [2.75, 3.05) is 0 Å². The van der Waals surface area contributed by atoms with Gasteiger partial charge in [0.1, 0.15) is 5.54 Å². The van der Waals surface area contributed by atoms with Crippen molar-refractivity contribution in [2.24, 2.45) is 27.5 Å². The zero-order valence-corrected chi connectivity index (χ0v) is 13.0. The summed E-state index contributed by atoms with van der Waals surface area (Å²) in [6, 6.07) is 10.9. The quantitative estimate of drug-likeness (QED) is 0.687. The average molecular weight is 280 g/mol. The van der Waals surface area contributed by atoms with E-state index in [9.17, 15) is 0 Å². The second-order valence-corrected chi connectivity index (χ2v) is 7.45. The van der Waals surface area contributed by atoms with E-state index in [1.807, 2.05) is 0 Å². The van der Waals surface area contributed by atoms with Gasteiger partial charge in [0.2, 0.25) is 0 Å². The van der Waals surface area contributed by atoms with Gasteiger partial charge in [0.05, 0.1) is 5.54 Å². The van der Waals surface area contributed by atoms with Crippen LogP contribution in [0.1, 0.15) is 45.1 Å². The summed E-state index contributed by atoms with van der Waals surface area (Å²) < 4.78 is 0. The summed E-state index contributed by atoms with van der Waals surface area (Å²) in [5.74, 6) is 1.33. The smallest absolute Gasteiger partial charge is 0.118 e. The Balaban J connectivity index is 1.98. The van der Waals surface area contributed by atoms with Crippen LogP contribution in [0.2, 0.25) is 0 Å². The standard InChI is InChI=1S/C19H24N2/c1-4-13-17(2)18(3)15-11-8-12-16(15)19(17,21-20-18)14-9-6-5-7-10-14/h4-7,9-10,15-16H,1,8,11-13H2,2-3H3/t15-,16+,17?,18-,19+/m1/s1. The molecule has 1 heterocycles. The minimum atomic E-state index is -0.141. The molecule has 5 atom stereocenters. The first-order valence-corrected chi connectivity index (χ1v) is 8.21. The van der Waals surface area contributed by atoms with Crippen LogP contribution in [-0.4, -0.2) is 5.54 Å². The van der Waals surface area contributed by atoms with Gasteiger partial charge < -0.3 is 0 Å². The van der Waals surface area contributed by atoms with Crippen molar-refractivity contribution in [1.29, 1.82) is 0 Å². The van der Waals surface area contributed by atoms with Crippen molar-refractivity contribution in [1.82, 2.24) is 0 Å². The normalized spacial score (nSPS) is 46.8. The number of azo groups is 1. The van der Waals surface area contributed by atoms with Gasteiger partial charge in [-0.1, -0.05) is 49.8 Å². The fourth-order valence-corrected chi connectivity index (χ4v) is 5.82. The predicted octanol–water partition coefficient (Wildman–Crippen LogP) is 5.12. The molecule has 1 unspecified atom stereocenters. The molecule has 0 amide bonds. The van der Waals surface area contributed by atoms with Crippen LogP contribution in [0.25, 0.3) is 0 Å². The number of hydrogen-bond donors (Lipinski definition) is 0. The number of benzene rings is 1. The van der Waals surface area contributed by atoms with Crippen LogP contribution in [-0.2, 0) is 5.54 Å². The topological polar surface area (TPSA) is 24.7 Å². The Labute approximate surface area is 127 Å². The summed E-state index contributed by atoms with van der Waals surface area (Å²) in [4.78, 5) is 0. The summed E-state index contributed by atoms with van der Waals surface area (Å²) in [7, 11) is 0. The zero-order chi connectivity index (χ0) is 14.7. The number of fused-ring (bicyclic) bond motifs is 5. The largest absolute Gasteiger partial charge is 0.186 e. The molecule has 110 valence electrons. The number of nitrogens with zero attached hydrogens (tertiary/aromatic N) is 2. The van der Waals surface area contributed by atoms with Gasteiger partial charge in [0.25, 0.3) is 0 Å². The summed E-state index contributed by atoms with van der Waals surface area (Å²) in [5, 5.41) is 9.85. The number of rotatable bonds is 3. The molecule has 2 saturated carbocycles. The lowest BCUT2D eigenvalue weighted by atomic mass is 9.60. The lowest BCUT2D eigenvalue weighted by Gasteiger charge is -2.42. The lowest BCUT2D eigenvalue weighted by Crippen LogP contribution is -2.46. The molecular formula is C19H24N2. The van der Waals surface area contributed by atoms with Gasteiger partial charge in [-0.3, -0.25) is 0 Å². The summed E-state index contributed by atoms with van der Waals surface area (Å²) in [6.07, 6.45) is 6.99. The van der Waals surface area contributed by atoms with Crippen molar-refractivity contribution in [3.05, 3.63) is 48.6 Å². The molecule has 2 aliphatic carbocycles. The van der Waals surface area contributed by atoms with Crippen molar-refractivity contribution in [2.45, 2.75) is 50.6 Å². The van der Waals surface area contributed by atoms with Crippen molar-refractivity contribution in [3.63, 3.8) is 0 Å². The van der Waals surface area contributed by atoms with Crippen molar-refractivity contribution >= 4 is 0 Å². The first kappa shape index (κ1) is 13.2. The molecule has 0 radical (unpaired) electrons. The van der Waals surface area contributed by atoms with E-state index in [0.29, 0.717) is 11.8 Å². The van der Waals surface area contributed by atoms with Gasteiger partial charge in [-0.15, -0.1) is 6.58 Å². The zero-order valence-electron chi connectivity index (χ0n) is 13.0. The van der Waals surface area contributed by atoms with Gasteiger partial charge in [0, 0.05) is 5.41 Å². The van der Waals surface area contributed by atoms with E-state index in [0.717, 1.165) is 6.42 Å². The highest BCUT2D eigenvalue weighted by molar-refractivity contribution is 5.40. The van der Waals surface area contributed by atoms with Crippen LogP contribution in [0.15, 0.2) is 53.2 Å². The predicted molar refractivity (Wildman–Crippen MR) is 85.1 cm³/mol. The summed E-state index contributed by atoms with van der Waals surface area (Å²) >= 11 is 0. The fraction of sp³-hybridized carbons (Fsp3) is 0.579. The second kappa shape index (κ2) is 4.06. The van der Waals surface area contributed by atoms with E-state index in [2.05, 4.69) is 56.8 Å². The molecule has 4 rings (SSSR count). The minimum absolute atomic E-state index is 0.0296. The maximum atomic E-state index is 4.97. The second-order valence-electron chi connectivity index (χ2n) is 7.45. The Morgan fingerprint density at radius 2 is 1.86 bits per heavy atom. The Morgan fingerprint density at radius 1 is 1.14 bits per heavy atom. The summed E-state index contributed by atoms with van der Waals surface area (Å²) in [6.45, 7) is 8.78. The molecule has 3 aliphatic rings. The number of hydrogen-bond acceptors (Lipinski definition) is 2. The highest BCUT2D eigenvalue weighted by Crippen LogP contribution is 2.75. The molecule has 2 heteroatoms.